The van der Waals surface area contributed by atoms with Crippen molar-refractivity contribution in [2.75, 3.05) is 20.1 Å². The molecule has 43 heavy (non-hydrogen) atoms. The first-order chi connectivity index (χ1) is 20.7. The number of carbonyl (C=O) groups excluding carboxylic acids is 1. The Hall–Kier alpha value is -4.06. The van der Waals surface area contributed by atoms with Crippen molar-refractivity contribution in [3.8, 4) is 28.6 Å². The zero-order valence-electron chi connectivity index (χ0n) is 24.0. The van der Waals surface area contributed by atoms with Crippen LogP contribution in [0.25, 0.3) is 28.2 Å². The highest BCUT2D eigenvalue weighted by Gasteiger charge is 2.23. The lowest BCUT2D eigenvalue weighted by Gasteiger charge is -2.30. The van der Waals surface area contributed by atoms with Gasteiger partial charge in [-0.2, -0.15) is 0 Å². The van der Waals surface area contributed by atoms with E-state index in [1.54, 1.807) is 25.4 Å². The molecule has 1 atom stereocenters. The Kier molecular flexibility index (Phi) is 8.04. The van der Waals surface area contributed by atoms with Crippen molar-refractivity contribution in [3.63, 3.8) is 0 Å². The summed E-state index contributed by atoms with van der Waals surface area (Å²) in [6.07, 6.45) is 3.16. The lowest BCUT2D eigenvalue weighted by atomic mass is 10.1. The molecule has 1 amide bonds. The van der Waals surface area contributed by atoms with E-state index >= 15 is 0 Å². The lowest BCUT2D eigenvalue weighted by molar-refractivity contribution is 0.0996. The number of aromatic nitrogens is 4. The van der Waals surface area contributed by atoms with Gasteiger partial charge in [0.05, 0.1) is 32.2 Å². The monoisotopic (exact) mass is 618 g/mol. The smallest absolute Gasteiger partial charge is 0.250 e. The van der Waals surface area contributed by atoms with Crippen LogP contribution in [-0.4, -0.2) is 56.8 Å². The van der Waals surface area contributed by atoms with Gasteiger partial charge in [0.1, 0.15) is 30.0 Å². The van der Waals surface area contributed by atoms with E-state index in [0.29, 0.717) is 44.4 Å². The number of likely N-dealkylation sites (tertiary alicyclic amines) is 1. The van der Waals surface area contributed by atoms with Crippen molar-refractivity contribution in [1.29, 1.82) is 0 Å². The molecule has 2 N–H and O–H groups in total. The number of nitrogens with two attached hydrogens (primary N) is 1. The number of imidazole rings is 1. The van der Waals surface area contributed by atoms with Crippen LogP contribution in [0.1, 0.15) is 47.7 Å². The largest absolute Gasteiger partial charge is 0.489 e. The third-order valence-electron chi connectivity index (χ3n) is 7.62. The summed E-state index contributed by atoms with van der Waals surface area (Å²) in [5, 5.41) is 8.48. The fraction of sp³-hybridized carbons (Fsp3) is 0.290. The van der Waals surface area contributed by atoms with Gasteiger partial charge in [0, 0.05) is 37.2 Å². The molecule has 1 fully saturated rings. The molecule has 3 heterocycles. The molecule has 12 heteroatoms. The second-order valence-corrected chi connectivity index (χ2v) is 11.5. The molecule has 10 nitrogen and oxygen atoms in total. The molecular formula is C31H31ClN6O4S. The first kappa shape index (κ1) is 29.0. The summed E-state index contributed by atoms with van der Waals surface area (Å²) in [6, 6.07) is 14.8. The number of hydrogen-bond donors (Lipinski definition) is 2. The number of ether oxygens (including phenoxy) is 2. The van der Waals surface area contributed by atoms with E-state index in [1.807, 2.05) is 47.9 Å². The lowest BCUT2D eigenvalue weighted by Crippen LogP contribution is -2.35. The molecule has 1 aliphatic rings. The highest BCUT2D eigenvalue weighted by molar-refractivity contribution is 7.80. The first-order valence-electron chi connectivity index (χ1n) is 13.9. The number of aryl methyl sites for hydroxylation is 1. The number of thiol groups is 1. The van der Waals surface area contributed by atoms with Gasteiger partial charge in [0.2, 0.25) is 17.7 Å². The van der Waals surface area contributed by atoms with E-state index in [0.717, 1.165) is 42.6 Å². The minimum absolute atomic E-state index is 0.108. The molecule has 2 aromatic heterocycles. The van der Waals surface area contributed by atoms with Gasteiger partial charge >= 0.3 is 0 Å². The number of halogens is 1. The van der Waals surface area contributed by atoms with Gasteiger partial charge < -0.3 is 24.5 Å². The Morgan fingerprint density at radius 1 is 1.14 bits per heavy atom. The molecule has 0 unspecified atom stereocenters. The Balaban J connectivity index is 1.31. The van der Waals surface area contributed by atoms with Gasteiger partial charge in [0.25, 0.3) is 0 Å². The summed E-state index contributed by atoms with van der Waals surface area (Å²) in [6.45, 7) is 5.59. The number of fused-ring (bicyclic) bond motifs is 1. The maximum Gasteiger partial charge on any atom is 0.250 e. The van der Waals surface area contributed by atoms with Gasteiger partial charge in [0.15, 0.2) is 0 Å². The first-order valence-corrected chi connectivity index (χ1v) is 14.8. The minimum atomic E-state index is -0.630. The fourth-order valence-corrected chi connectivity index (χ4v) is 5.86. The normalized spacial score (nSPS) is 15.1. The minimum Gasteiger partial charge on any atom is -0.489 e. The van der Waals surface area contributed by atoms with E-state index in [9.17, 15) is 4.79 Å². The van der Waals surface area contributed by atoms with Gasteiger partial charge in [-0.1, -0.05) is 23.7 Å². The van der Waals surface area contributed by atoms with Crippen molar-refractivity contribution >= 4 is 41.2 Å². The van der Waals surface area contributed by atoms with Crippen LogP contribution >= 0.6 is 24.2 Å². The SMILES string of the molecule is Cc1nnc(-c2ccc3c(c2)ncn3-c2cc(O[C@H](C)c3cccc(OC4CCN(C)CC4)c3Cl)c(S)c(C(N)=O)c2)o1. The Morgan fingerprint density at radius 2 is 1.93 bits per heavy atom. The average molecular weight is 619 g/mol. The van der Waals surface area contributed by atoms with Crippen molar-refractivity contribution in [2.24, 2.45) is 5.73 Å². The molecule has 0 radical (unpaired) electrons. The fourth-order valence-electron chi connectivity index (χ4n) is 5.24. The molecule has 5 aromatic rings. The quantitative estimate of drug-likeness (QED) is 0.202. The van der Waals surface area contributed by atoms with Gasteiger partial charge in [-0.05, 0) is 57.1 Å². The predicted molar refractivity (Wildman–Crippen MR) is 167 cm³/mol. The zero-order valence-corrected chi connectivity index (χ0v) is 25.6. The van der Waals surface area contributed by atoms with Crippen LogP contribution in [0.3, 0.4) is 0 Å². The second kappa shape index (κ2) is 11.9. The zero-order chi connectivity index (χ0) is 30.2. The third-order valence-corrected chi connectivity index (χ3v) is 8.48. The molecule has 0 aliphatic carbocycles. The molecule has 0 bridgehead atoms. The number of primary amides is 1. The molecule has 0 spiro atoms. The van der Waals surface area contributed by atoms with Crippen molar-refractivity contribution in [3.05, 3.63) is 76.9 Å². The maximum atomic E-state index is 12.5. The van der Waals surface area contributed by atoms with Gasteiger partial charge in [-0.3, -0.25) is 9.36 Å². The Bertz CT molecular complexity index is 1810. The van der Waals surface area contributed by atoms with E-state index in [4.69, 9.17) is 31.2 Å². The molecule has 1 saturated heterocycles. The number of benzene rings is 3. The summed E-state index contributed by atoms with van der Waals surface area (Å²) in [7, 11) is 2.11. The van der Waals surface area contributed by atoms with E-state index in [1.165, 1.54) is 0 Å². The summed E-state index contributed by atoms with van der Waals surface area (Å²) in [5.41, 5.74) is 9.60. The predicted octanol–water partition coefficient (Wildman–Crippen LogP) is 6.04. The highest BCUT2D eigenvalue weighted by Crippen LogP contribution is 2.38. The molecule has 222 valence electrons. The third kappa shape index (κ3) is 5.93. The van der Waals surface area contributed by atoms with Crippen molar-refractivity contribution < 1.29 is 18.7 Å². The van der Waals surface area contributed by atoms with E-state index in [2.05, 4.69) is 39.8 Å². The van der Waals surface area contributed by atoms with Gasteiger partial charge in [-0.25, -0.2) is 4.98 Å². The average Bonchev–Trinajstić information content (AvgIpc) is 3.62. The number of amides is 1. The molecule has 3 aromatic carbocycles. The number of piperidine rings is 1. The van der Waals surface area contributed by atoms with E-state index in [-0.39, 0.29) is 11.7 Å². The summed E-state index contributed by atoms with van der Waals surface area (Å²) in [5.74, 6) is 1.26. The van der Waals surface area contributed by atoms with Gasteiger partial charge in [-0.15, -0.1) is 22.8 Å². The molecular weight excluding hydrogens is 588 g/mol. The van der Waals surface area contributed by atoms with Crippen LogP contribution < -0.4 is 15.2 Å². The Morgan fingerprint density at radius 3 is 2.65 bits per heavy atom. The maximum absolute atomic E-state index is 12.5. The van der Waals surface area contributed by atoms with Crippen LogP contribution in [0.5, 0.6) is 11.5 Å². The summed E-state index contributed by atoms with van der Waals surface area (Å²) >= 11 is 11.5. The van der Waals surface area contributed by atoms with Crippen LogP contribution in [0.4, 0.5) is 0 Å². The highest BCUT2D eigenvalue weighted by atomic mass is 35.5. The second-order valence-electron chi connectivity index (χ2n) is 10.7. The van der Waals surface area contributed by atoms with Crippen molar-refractivity contribution in [2.45, 2.75) is 43.8 Å². The van der Waals surface area contributed by atoms with Crippen LogP contribution in [0, 0.1) is 6.92 Å². The standard InChI is InChI=1S/C31H31ClN6O4S/c1-17(22-5-4-6-26(28(22)32)42-21-9-11-37(3)12-10-21)40-27-15-20(14-23(29(27)43)30(33)39)38-16-34-24-13-19(7-8-25(24)38)31-36-35-18(2)41-31/h4-8,13-17,21,43H,9-12H2,1-3H3,(H2,33,39)/t17-/m1/s1. The van der Waals surface area contributed by atoms with Crippen LogP contribution in [-0.2, 0) is 0 Å². The van der Waals surface area contributed by atoms with Crippen LogP contribution in [0.15, 0.2) is 64.2 Å². The summed E-state index contributed by atoms with van der Waals surface area (Å²) < 4.78 is 20.1. The van der Waals surface area contributed by atoms with Crippen LogP contribution in [0.2, 0.25) is 5.02 Å². The Labute approximate surface area is 259 Å². The summed E-state index contributed by atoms with van der Waals surface area (Å²) in [4.78, 5) is 19.6. The van der Waals surface area contributed by atoms with Crippen molar-refractivity contribution in [1.82, 2.24) is 24.6 Å². The number of nitrogens with zero attached hydrogens (tertiary/aromatic N) is 5. The number of rotatable bonds is 8. The molecule has 6 rings (SSSR count). The number of carbonyl (C=O) groups is 1. The van der Waals surface area contributed by atoms with E-state index < -0.39 is 12.0 Å². The molecule has 0 saturated carbocycles. The number of hydrogen-bond acceptors (Lipinski definition) is 9. The topological polar surface area (TPSA) is 122 Å². The molecule has 1 aliphatic heterocycles.